The second kappa shape index (κ2) is 4.39. The molecule has 2 aliphatic heterocycles. The van der Waals surface area contributed by atoms with Gasteiger partial charge in [-0.3, -0.25) is 0 Å². The molecular formula is C12H26O4Si2. The molecule has 2 unspecified atom stereocenters. The van der Waals surface area contributed by atoms with E-state index < -0.39 is 16.2 Å². The summed E-state index contributed by atoms with van der Waals surface area (Å²) in [4.78, 5) is 0. The average Bonchev–Trinajstić information content (AvgIpc) is 2.12. The molecule has 2 fully saturated rings. The van der Waals surface area contributed by atoms with Crippen molar-refractivity contribution < 1.29 is 17.7 Å². The van der Waals surface area contributed by atoms with Gasteiger partial charge in [-0.2, -0.15) is 0 Å². The van der Waals surface area contributed by atoms with Crippen molar-refractivity contribution in [3.63, 3.8) is 0 Å². The van der Waals surface area contributed by atoms with E-state index in [0.717, 1.165) is 26.1 Å². The molecule has 0 radical (unpaired) electrons. The van der Waals surface area contributed by atoms with Gasteiger partial charge in [0.1, 0.15) is 0 Å². The molecule has 2 atom stereocenters. The predicted molar refractivity (Wildman–Crippen MR) is 74.7 cm³/mol. The van der Waals surface area contributed by atoms with Crippen LogP contribution in [0.2, 0.25) is 13.1 Å². The van der Waals surface area contributed by atoms with Gasteiger partial charge in [0.15, 0.2) is 0 Å². The van der Waals surface area contributed by atoms with Crippen LogP contribution < -0.4 is 0 Å². The van der Waals surface area contributed by atoms with Crippen LogP contribution in [-0.2, 0) is 17.7 Å². The minimum Gasteiger partial charge on any atom is -0.393 e. The lowest BCUT2D eigenvalue weighted by Crippen LogP contribution is -2.74. The first kappa shape index (κ1) is 14.7. The third kappa shape index (κ3) is 2.73. The Labute approximate surface area is 112 Å². The molecule has 0 amide bonds. The molecule has 2 aliphatic rings. The van der Waals surface area contributed by atoms with Gasteiger partial charge < -0.3 is 17.7 Å². The van der Waals surface area contributed by atoms with Crippen LogP contribution in [0.5, 0.6) is 0 Å². The SMILES string of the molecule is CC1(C)CCO[Si](C)([Si]2(C)OCCC(C)(C)O2)O1. The fourth-order valence-corrected chi connectivity index (χ4v) is 11.9. The van der Waals surface area contributed by atoms with Crippen LogP contribution in [-0.4, -0.2) is 40.6 Å². The maximum Gasteiger partial charge on any atom is 0.381 e. The topological polar surface area (TPSA) is 36.9 Å². The van der Waals surface area contributed by atoms with E-state index in [1.165, 1.54) is 0 Å². The third-order valence-corrected chi connectivity index (χ3v) is 15.4. The van der Waals surface area contributed by atoms with Gasteiger partial charge in [0.05, 0.1) is 11.2 Å². The summed E-state index contributed by atoms with van der Waals surface area (Å²) < 4.78 is 24.8. The molecule has 4 nitrogen and oxygen atoms in total. The molecule has 2 heterocycles. The van der Waals surface area contributed by atoms with Crippen molar-refractivity contribution in [3.8, 4) is 0 Å². The first-order valence-electron chi connectivity index (χ1n) is 6.76. The maximum atomic E-state index is 6.33. The Bertz CT molecular complexity index is 302. The van der Waals surface area contributed by atoms with Crippen molar-refractivity contribution in [1.29, 1.82) is 0 Å². The number of rotatable bonds is 1. The van der Waals surface area contributed by atoms with Gasteiger partial charge in [-0.25, -0.2) is 0 Å². The van der Waals surface area contributed by atoms with Gasteiger partial charge in [-0.1, -0.05) is 0 Å². The molecule has 0 bridgehead atoms. The molecule has 2 rings (SSSR count). The predicted octanol–water partition coefficient (Wildman–Crippen LogP) is 2.64. The summed E-state index contributed by atoms with van der Waals surface area (Å²) in [6.07, 6.45) is 1.87. The Morgan fingerprint density at radius 2 is 1.06 bits per heavy atom. The molecule has 106 valence electrons. The lowest BCUT2D eigenvalue weighted by atomic mass is 10.1. The Balaban J connectivity index is 2.22. The van der Waals surface area contributed by atoms with Crippen molar-refractivity contribution in [2.24, 2.45) is 0 Å². The lowest BCUT2D eigenvalue weighted by Gasteiger charge is -2.51. The average molecular weight is 291 g/mol. The van der Waals surface area contributed by atoms with E-state index in [2.05, 4.69) is 40.8 Å². The zero-order valence-electron chi connectivity index (χ0n) is 12.5. The van der Waals surface area contributed by atoms with Crippen molar-refractivity contribution >= 4 is 16.2 Å². The second-order valence-corrected chi connectivity index (χ2v) is 17.0. The molecule has 0 aliphatic carbocycles. The first-order valence-corrected chi connectivity index (χ1v) is 12.4. The summed E-state index contributed by atoms with van der Waals surface area (Å²) in [5.41, 5.74) is -0.243. The fraction of sp³-hybridized carbons (Fsp3) is 1.00. The van der Waals surface area contributed by atoms with Crippen LogP contribution in [0.3, 0.4) is 0 Å². The summed E-state index contributed by atoms with van der Waals surface area (Å²) in [7, 11) is -4.78. The highest BCUT2D eigenvalue weighted by Gasteiger charge is 2.64. The van der Waals surface area contributed by atoms with E-state index in [0.29, 0.717) is 0 Å². The molecule has 2 saturated heterocycles. The third-order valence-electron chi connectivity index (χ3n) is 3.93. The number of hydrogen-bond acceptors (Lipinski definition) is 4. The first-order chi connectivity index (χ1) is 8.08. The van der Waals surface area contributed by atoms with E-state index in [-0.39, 0.29) is 11.2 Å². The lowest BCUT2D eigenvalue weighted by molar-refractivity contribution is -0.0370. The molecule has 0 aromatic heterocycles. The zero-order valence-corrected chi connectivity index (χ0v) is 14.5. The molecule has 6 heteroatoms. The molecule has 0 aromatic carbocycles. The van der Waals surface area contributed by atoms with Gasteiger partial charge in [0.2, 0.25) is 0 Å². The Morgan fingerprint density at radius 1 is 0.722 bits per heavy atom. The van der Waals surface area contributed by atoms with E-state index in [4.69, 9.17) is 17.7 Å². The van der Waals surface area contributed by atoms with E-state index in [9.17, 15) is 0 Å². The normalized spacial score (nSPS) is 43.7. The van der Waals surface area contributed by atoms with Gasteiger partial charge in [0, 0.05) is 13.2 Å². The Morgan fingerprint density at radius 3 is 1.33 bits per heavy atom. The quantitative estimate of drug-likeness (QED) is 0.696. The molecule has 0 aromatic rings. The Hall–Kier alpha value is 0.274. The van der Waals surface area contributed by atoms with E-state index in [1.54, 1.807) is 0 Å². The van der Waals surface area contributed by atoms with Crippen molar-refractivity contribution in [2.75, 3.05) is 13.2 Å². The van der Waals surface area contributed by atoms with Crippen molar-refractivity contribution in [3.05, 3.63) is 0 Å². The minimum atomic E-state index is -2.39. The van der Waals surface area contributed by atoms with Crippen LogP contribution in [0.15, 0.2) is 0 Å². The molecule has 0 saturated carbocycles. The number of hydrogen-bond donors (Lipinski definition) is 0. The van der Waals surface area contributed by atoms with Gasteiger partial charge >= 0.3 is 16.2 Å². The molecular weight excluding hydrogens is 264 g/mol. The van der Waals surface area contributed by atoms with Gasteiger partial charge in [-0.05, 0) is 53.6 Å². The molecule has 18 heavy (non-hydrogen) atoms. The molecule has 0 N–H and O–H groups in total. The molecule has 0 spiro atoms. The largest absolute Gasteiger partial charge is 0.393 e. The standard InChI is InChI=1S/C12H26O4Si2/c1-11(2)7-9-13-17(5,15-11)18(6)14-10-8-12(3,4)16-18/h7-10H2,1-6H3. The van der Waals surface area contributed by atoms with Gasteiger partial charge in [-0.15, -0.1) is 0 Å². The van der Waals surface area contributed by atoms with Crippen LogP contribution in [0.4, 0.5) is 0 Å². The summed E-state index contributed by atoms with van der Waals surface area (Å²) in [6.45, 7) is 14.3. The highest BCUT2D eigenvalue weighted by atomic mass is 29.3. The minimum absolute atomic E-state index is 0.121. The summed E-state index contributed by atoms with van der Waals surface area (Å²) in [5, 5.41) is 0. The summed E-state index contributed by atoms with van der Waals surface area (Å²) in [6, 6.07) is 0. The van der Waals surface area contributed by atoms with Gasteiger partial charge in [0.25, 0.3) is 0 Å². The van der Waals surface area contributed by atoms with E-state index >= 15 is 0 Å². The highest BCUT2D eigenvalue weighted by molar-refractivity contribution is 7.31. The smallest absolute Gasteiger partial charge is 0.381 e. The fourth-order valence-electron chi connectivity index (χ4n) is 2.65. The Kier molecular flexibility index (Phi) is 3.58. The zero-order chi connectivity index (χ0) is 13.7. The van der Waals surface area contributed by atoms with E-state index in [1.807, 2.05) is 0 Å². The maximum absolute atomic E-state index is 6.33. The van der Waals surface area contributed by atoms with Crippen LogP contribution >= 0.6 is 0 Å². The van der Waals surface area contributed by atoms with Crippen molar-refractivity contribution in [2.45, 2.75) is 64.8 Å². The van der Waals surface area contributed by atoms with Crippen LogP contribution in [0.25, 0.3) is 0 Å². The van der Waals surface area contributed by atoms with Crippen LogP contribution in [0, 0.1) is 0 Å². The summed E-state index contributed by atoms with van der Waals surface area (Å²) >= 11 is 0. The van der Waals surface area contributed by atoms with Crippen LogP contribution in [0.1, 0.15) is 40.5 Å². The highest BCUT2D eigenvalue weighted by Crippen LogP contribution is 2.39. The monoisotopic (exact) mass is 290 g/mol. The van der Waals surface area contributed by atoms with Crippen molar-refractivity contribution in [1.82, 2.24) is 0 Å². The second-order valence-electron chi connectivity index (χ2n) is 6.81. The summed E-state index contributed by atoms with van der Waals surface area (Å²) in [5.74, 6) is 0.